The average Bonchev–Trinajstić information content (AvgIpc) is 3.22. The Morgan fingerprint density at radius 3 is 2.77 bits per heavy atom. The second-order valence-corrected chi connectivity index (χ2v) is 6.48. The lowest BCUT2D eigenvalue weighted by molar-refractivity contribution is 0.231. The van der Waals surface area contributed by atoms with Crippen LogP contribution >= 0.6 is 11.6 Å². The zero-order chi connectivity index (χ0) is 18.3. The summed E-state index contributed by atoms with van der Waals surface area (Å²) >= 11 is 6.26. The van der Waals surface area contributed by atoms with Crippen LogP contribution in [0.15, 0.2) is 53.2 Å². The Labute approximate surface area is 154 Å². The lowest BCUT2D eigenvalue weighted by atomic mass is 10.2. The van der Waals surface area contributed by atoms with Gasteiger partial charge >= 0.3 is 0 Å². The Kier molecular flexibility index (Phi) is 4.12. The van der Waals surface area contributed by atoms with E-state index in [2.05, 4.69) is 10.1 Å². The molecule has 0 aliphatic rings. The molecule has 7 heteroatoms. The summed E-state index contributed by atoms with van der Waals surface area (Å²) < 4.78 is 26.6. The Balaban J connectivity index is 1.71. The number of aromatic nitrogens is 3. The minimum atomic E-state index is -0.481. The van der Waals surface area contributed by atoms with Gasteiger partial charge in [0.15, 0.2) is 11.6 Å². The highest BCUT2D eigenvalue weighted by Crippen LogP contribution is 2.29. The largest absolute Gasteiger partial charge is 0.488 e. The topological polar surface area (TPSA) is 53.1 Å². The van der Waals surface area contributed by atoms with E-state index in [0.717, 1.165) is 10.9 Å². The van der Waals surface area contributed by atoms with Gasteiger partial charge in [0.2, 0.25) is 0 Å². The summed E-state index contributed by atoms with van der Waals surface area (Å²) in [5.41, 5.74) is 1.33. The van der Waals surface area contributed by atoms with Gasteiger partial charge in [-0.2, -0.15) is 4.98 Å². The molecule has 0 amide bonds. The van der Waals surface area contributed by atoms with E-state index in [-0.39, 0.29) is 17.7 Å². The van der Waals surface area contributed by atoms with Gasteiger partial charge in [-0.3, -0.25) is 4.57 Å². The Morgan fingerprint density at radius 1 is 1.19 bits per heavy atom. The second kappa shape index (κ2) is 6.46. The summed E-state index contributed by atoms with van der Waals surface area (Å²) in [7, 11) is 0. The highest BCUT2D eigenvalue weighted by atomic mass is 35.5. The first-order valence-electron chi connectivity index (χ1n) is 8.09. The molecule has 2 aromatic heterocycles. The summed E-state index contributed by atoms with van der Waals surface area (Å²) in [5, 5.41) is 5.47. The number of halogens is 2. The van der Waals surface area contributed by atoms with Gasteiger partial charge in [-0.25, -0.2) is 4.39 Å². The van der Waals surface area contributed by atoms with E-state index in [9.17, 15) is 4.39 Å². The van der Waals surface area contributed by atoms with Crippen molar-refractivity contribution in [3.05, 3.63) is 59.5 Å². The zero-order valence-electron chi connectivity index (χ0n) is 14.1. The van der Waals surface area contributed by atoms with Crippen molar-refractivity contribution in [2.75, 3.05) is 0 Å². The predicted octanol–water partition coefficient (Wildman–Crippen LogP) is 5.26. The quantitative estimate of drug-likeness (QED) is 0.491. The van der Waals surface area contributed by atoms with Crippen LogP contribution in [0.1, 0.15) is 13.8 Å². The molecular weight excluding hydrogens is 357 g/mol. The predicted molar refractivity (Wildman–Crippen MR) is 97.3 cm³/mol. The Morgan fingerprint density at radius 2 is 2.00 bits per heavy atom. The molecule has 0 atom stereocenters. The number of hydrogen-bond donors (Lipinski definition) is 0. The van der Waals surface area contributed by atoms with E-state index in [1.807, 2.05) is 38.1 Å². The van der Waals surface area contributed by atoms with Crippen LogP contribution in [-0.4, -0.2) is 20.8 Å². The van der Waals surface area contributed by atoms with E-state index in [0.29, 0.717) is 16.5 Å². The maximum Gasteiger partial charge on any atom is 0.275 e. The van der Waals surface area contributed by atoms with Crippen molar-refractivity contribution in [3.63, 3.8) is 0 Å². The smallest absolute Gasteiger partial charge is 0.275 e. The van der Waals surface area contributed by atoms with Crippen molar-refractivity contribution in [1.29, 1.82) is 0 Å². The van der Waals surface area contributed by atoms with Gasteiger partial charge in [0.1, 0.15) is 0 Å². The first-order valence-corrected chi connectivity index (χ1v) is 8.47. The van der Waals surface area contributed by atoms with Crippen LogP contribution in [0.2, 0.25) is 5.02 Å². The molecule has 0 radical (unpaired) electrons. The zero-order valence-corrected chi connectivity index (χ0v) is 14.9. The highest BCUT2D eigenvalue weighted by Gasteiger charge is 2.16. The molecule has 4 aromatic rings. The molecule has 2 aromatic carbocycles. The molecule has 0 aliphatic heterocycles. The van der Waals surface area contributed by atoms with Crippen LogP contribution in [0.4, 0.5) is 4.39 Å². The average molecular weight is 372 g/mol. The van der Waals surface area contributed by atoms with Crippen LogP contribution in [-0.2, 0) is 0 Å². The molecular formula is C19H15ClFN3O2. The fraction of sp³-hybridized carbons (Fsp3) is 0.158. The lowest BCUT2D eigenvalue weighted by Gasteiger charge is -2.10. The highest BCUT2D eigenvalue weighted by molar-refractivity contribution is 6.35. The minimum absolute atomic E-state index is 0.114. The normalized spacial score (nSPS) is 11.4. The van der Waals surface area contributed by atoms with Crippen molar-refractivity contribution in [2.45, 2.75) is 20.0 Å². The molecule has 26 heavy (non-hydrogen) atoms. The van der Waals surface area contributed by atoms with Crippen molar-refractivity contribution in [3.8, 4) is 23.2 Å². The number of rotatable bonds is 4. The third-order valence-corrected chi connectivity index (χ3v) is 4.14. The van der Waals surface area contributed by atoms with Gasteiger partial charge in [-0.15, -0.1) is 0 Å². The standard InChI is InChI=1S/C19H15ClFN3O2/c1-11(2)25-17-8-7-12(9-15(17)21)18-22-19(23-26-18)24-10-14(20)13-5-3-4-6-16(13)24/h3-11H,1-2H3. The van der Waals surface area contributed by atoms with E-state index < -0.39 is 5.82 Å². The van der Waals surface area contributed by atoms with E-state index in [4.69, 9.17) is 20.9 Å². The molecule has 132 valence electrons. The van der Waals surface area contributed by atoms with Crippen molar-refractivity contribution in [1.82, 2.24) is 14.7 Å². The van der Waals surface area contributed by atoms with Gasteiger partial charge in [0, 0.05) is 17.1 Å². The maximum absolute atomic E-state index is 14.2. The summed E-state index contributed by atoms with van der Waals surface area (Å²) in [5.74, 6) is 0.243. The number of hydrogen-bond acceptors (Lipinski definition) is 4. The van der Waals surface area contributed by atoms with E-state index in [1.54, 1.807) is 22.9 Å². The molecule has 0 unspecified atom stereocenters. The first kappa shape index (κ1) is 16.6. The van der Waals surface area contributed by atoms with Crippen LogP contribution in [0.3, 0.4) is 0 Å². The lowest BCUT2D eigenvalue weighted by Crippen LogP contribution is -2.06. The minimum Gasteiger partial charge on any atom is -0.488 e. The van der Waals surface area contributed by atoms with Crippen molar-refractivity contribution in [2.24, 2.45) is 0 Å². The van der Waals surface area contributed by atoms with Crippen molar-refractivity contribution >= 4 is 22.5 Å². The Bertz CT molecular complexity index is 1090. The Hall–Kier alpha value is -2.86. The van der Waals surface area contributed by atoms with Crippen LogP contribution in [0.5, 0.6) is 5.75 Å². The van der Waals surface area contributed by atoms with Crippen LogP contribution < -0.4 is 4.74 Å². The van der Waals surface area contributed by atoms with Crippen molar-refractivity contribution < 1.29 is 13.7 Å². The molecule has 0 saturated heterocycles. The molecule has 0 N–H and O–H groups in total. The number of fused-ring (bicyclic) bond motifs is 1. The third kappa shape index (κ3) is 2.93. The van der Waals surface area contributed by atoms with E-state index >= 15 is 0 Å². The number of ether oxygens (including phenoxy) is 1. The number of para-hydroxylation sites is 1. The van der Waals surface area contributed by atoms with Gasteiger partial charge in [-0.05, 0) is 43.3 Å². The van der Waals surface area contributed by atoms with Gasteiger partial charge in [0.25, 0.3) is 11.8 Å². The molecule has 0 saturated carbocycles. The number of nitrogens with zero attached hydrogens (tertiary/aromatic N) is 3. The summed E-state index contributed by atoms with van der Waals surface area (Å²) in [6, 6.07) is 12.2. The second-order valence-electron chi connectivity index (χ2n) is 6.08. The molecule has 0 spiro atoms. The third-order valence-electron chi connectivity index (χ3n) is 3.84. The van der Waals surface area contributed by atoms with Crippen LogP contribution in [0.25, 0.3) is 28.3 Å². The molecule has 4 rings (SSSR count). The van der Waals surface area contributed by atoms with E-state index in [1.165, 1.54) is 6.07 Å². The van der Waals surface area contributed by atoms with Gasteiger partial charge in [0.05, 0.1) is 16.6 Å². The van der Waals surface area contributed by atoms with Gasteiger partial charge < -0.3 is 9.26 Å². The summed E-state index contributed by atoms with van der Waals surface area (Å²) in [6.07, 6.45) is 1.61. The number of benzene rings is 2. The molecule has 0 aliphatic carbocycles. The molecule has 5 nitrogen and oxygen atoms in total. The summed E-state index contributed by atoms with van der Waals surface area (Å²) in [6.45, 7) is 3.67. The summed E-state index contributed by atoms with van der Waals surface area (Å²) in [4.78, 5) is 4.36. The molecule has 0 bridgehead atoms. The monoisotopic (exact) mass is 371 g/mol. The van der Waals surface area contributed by atoms with Gasteiger partial charge in [-0.1, -0.05) is 29.8 Å². The molecule has 2 heterocycles. The fourth-order valence-electron chi connectivity index (χ4n) is 2.72. The first-order chi connectivity index (χ1) is 12.5. The SMILES string of the molecule is CC(C)Oc1ccc(-c2nc(-n3cc(Cl)c4ccccc43)no2)cc1F. The van der Waals surface area contributed by atoms with Crippen LogP contribution in [0, 0.1) is 5.82 Å². The maximum atomic E-state index is 14.2. The molecule has 0 fully saturated rings. The fourth-order valence-corrected chi connectivity index (χ4v) is 2.98.